The number of carbonyl (C=O) groups excluding carboxylic acids is 1. The van der Waals surface area contributed by atoms with E-state index in [4.69, 9.17) is 28.3 Å². The van der Waals surface area contributed by atoms with E-state index in [0.29, 0.717) is 15.6 Å². The minimum atomic E-state index is -1.14. The molecule has 5 nitrogen and oxygen atoms in total. The van der Waals surface area contributed by atoms with Crippen molar-refractivity contribution in [1.29, 1.82) is 0 Å². The fourth-order valence-corrected chi connectivity index (χ4v) is 1.80. The number of carboxylic acid groups (broad SMARTS) is 1. The molecule has 20 heavy (non-hydrogen) atoms. The molecule has 1 aromatic carbocycles. The second-order valence-electron chi connectivity index (χ2n) is 3.81. The maximum atomic E-state index is 11.5. The predicted octanol–water partition coefficient (Wildman–Crippen LogP) is 2.22. The highest BCUT2D eigenvalue weighted by Gasteiger charge is 2.16. The standard InChI is InChI=1S/C13H13Cl2NO4/c1-20-11(13(18)19)7-16-12(17)5-3-8-2-4-9(14)6-10(8)15/h2-6,11H,7H2,1H3,(H,16,17)(H,18,19)/b5-3+. The van der Waals surface area contributed by atoms with Gasteiger partial charge in [0.2, 0.25) is 5.91 Å². The Bertz CT molecular complexity index is 531. The van der Waals surface area contributed by atoms with E-state index in [9.17, 15) is 9.59 Å². The van der Waals surface area contributed by atoms with E-state index in [0.717, 1.165) is 0 Å². The zero-order valence-corrected chi connectivity index (χ0v) is 12.1. The van der Waals surface area contributed by atoms with Crippen LogP contribution in [0.25, 0.3) is 6.08 Å². The number of carbonyl (C=O) groups is 2. The molecule has 1 unspecified atom stereocenters. The Labute approximate surface area is 126 Å². The Kier molecular flexibility index (Phi) is 6.51. The first-order chi connectivity index (χ1) is 9.43. The van der Waals surface area contributed by atoms with Gasteiger partial charge in [-0.1, -0.05) is 29.3 Å². The van der Waals surface area contributed by atoms with Crippen molar-refractivity contribution in [3.63, 3.8) is 0 Å². The summed E-state index contributed by atoms with van der Waals surface area (Å²) in [6, 6.07) is 4.88. The van der Waals surface area contributed by atoms with Crippen LogP contribution in [0.1, 0.15) is 5.56 Å². The Morgan fingerprint density at radius 3 is 2.70 bits per heavy atom. The van der Waals surface area contributed by atoms with Crippen molar-refractivity contribution in [1.82, 2.24) is 5.32 Å². The first-order valence-electron chi connectivity index (χ1n) is 5.60. The third kappa shape index (κ3) is 5.21. The molecule has 7 heteroatoms. The lowest BCUT2D eigenvalue weighted by atomic mass is 10.2. The number of hydrogen-bond acceptors (Lipinski definition) is 3. The minimum Gasteiger partial charge on any atom is -0.479 e. The number of amides is 1. The van der Waals surface area contributed by atoms with Gasteiger partial charge in [-0.25, -0.2) is 4.79 Å². The molecule has 0 aliphatic heterocycles. The lowest BCUT2D eigenvalue weighted by molar-refractivity contribution is -0.148. The molecule has 1 amide bonds. The molecule has 0 spiro atoms. The topological polar surface area (TPSA) is 75.6 Å². The summed E-state index contributed by atoms with van der Waals surface area (Å²) in [6.07, 6.45) is 1.69. The van der Waals surface area contributed by atoms with Crippen LogP contribution >= 0.6 is 23.2 Å². The van der Waals surface area contributed by atoms with E-state index in [1.807, 2.05) is 0 Å². The van der Waals surface area contributed by atoms with Gasteiger partial charge in [0.15, 0.2) is 6.10 Å². The summed E-state index contributed by atoms with van der Waals surface area (Å²) < 4.78 is 4.68. The fourth-order valence-electron chi connectivity index (χ4n) is 1.33. The molecule has 0 aliphatic carbocycles. The quantitative estimate of drug-likeness (QED) is 0.789. The molecule has 1 atom stereocenters. The molecule has 0 saturated carbocycles. The lowest BCUT2D eigenvalue weighted by Gasteiger charge is -2.10. The van der Waals surface area contributed by atoms with E-state index in [1.54, 1.807) is 18.2 Å². The van der Waals surface area contributed by atoms with E-state index >= 15 is 0 Å². The molecule has 0 aliphatic rings. The van der Waals surface area contributed by atoms with E-state index in [1.165, 1.54) is 19.3 Å². The Hall–Kier alpha value is -1.56. The average Bonchev–Trinajstić information content (AvgIpc) is 2.38. The summed E-state index contributed by atoms with van der Waals surface area (Å²) in [6.45, 7) is -0.122. The van der Waals surface area contributed by atoms with Crippen LogP contribution in [0.2, 0.25) is 10.0 Å². The van der Waals surface area contributed by atoms with Crippen molar-refractivity contribution >= 4 is 41.2 Å². The average molecular weight is 318 g/mol. The number of aliphatic carboxylic acids is 1. The highest BCUT2D eigenvalue weighted by molar-refractivity contribution is 6.35. The highest BCUT2D eigenvalue weighted by atomic mass is 35.5. The van der Waals surface area contributed by atoms with Gasteiger partial charge in [0.05, 0.1) is 6.54 Å². The molecule has 0 aromatic heterocycles. The summed E-state index contributed by atoms with van der Waals surface area (Å²) in [4.78, 5) is 22.2. The van der Waals surface area contributed by atoms with Crippen LogP contribution in [-0.2, 0) is 14.3 Å². The summed E-state index contributed by atoms with van der Waals surface area (Å²) >= 11 is 11.7. The molecule has 0 bridgehead atoms. The third-order valence-corrected chi connectivity index (χ3v) is 2.96. The van der Waals surface area contributed by atoms with Crippen LogP contribution in [0.15, 0.2) is 24.3 Å². The Morgan fingerprint density at radius 2 is 2.15 bits per heavy atom. The fraction of sp³-hybridized carbons (Fsp3) is 0.231. The number of halogens is 2. The maximum absolute atomic E-state index is 11.5. The molecule has 1 rings (SSSR count). The van der Waals surface area contributed by atoms with Gasteiger partial charge >= 0.3 is 5.97 Å². The summed E-state index contributed by atoms with van der Waals surface area (Å²) in [5.74, 6) is -1.59. The van der Waals surface area contributed by atoms with Crippen molar-refractivity contribution in [3.8, 4) is 0 Å². The predicted molar refractivity (Wildman–Crippen MR) is 76.9 cm³/mol. The molecule has 0 radical (unpaired) electrons. The number of methoxy groups -OCH3 is 1. The Balaban J connectivity index is 2.57. The normalized spacial score (nSPS) is 12.3. The van der Waals surface area contributed by atoms with Gasteiger partial charge < -0.3 is 15.2 Å². The maximum Gasteiger partial charge on any atom is 0.334 e. The van der Waals surface area contributed by atoms with E-state index < -0.39 is 18.0 Å². The van der Waals surface area contributed by atoms with Gasteiger partial charge in [-0.3, -0.25) is 4.79 Å². The Morgan fingerprint density at radius 1 is 1.45 bits per heavy atom. The molecule has 0 fully saturated rings. The first kappa shape index (κ1) is 16.5. The van der Waals surface area contributed by atoms with Gasteiger partial charge in [0.1, 0.15) is 0 Å². The summed E-state index contributed by atoms with van der Waals surface area (Å²) in [5, 5.41) is 12.1. The van der Waals surface area contributed by atoms with Gasteiger partial charge in [-0.15, -0.1) is 0 Å². The number of rotatable bonds is 6. The largest absolute Gasteiger partial charge is 0.479 e. The van der Waals surface area contributed by atoms with Gasteiger partial charge in [0.25, 0.3) is 0 Å². The SMILES string of the molecule is COC(CNC(=O)/C=C/c1ccc(Cl)cc1Cl)C(=O)O. The van der Waals surface area contributed by atoms with Crippen molar-refractivity contribution in [3.05, 3.63) is 39.9 Å². The molecular weight excluding hydrogens is 305 g/mol. The van der Waals surface area contributed by atoms with Crippen LogP contribution in [0.3, 0.4) is 0 Å². The van der Waals surface area contributed by atoms with E-state index in [2.05, 4.69) is 10.1 Å². The number of benzene rings is 1. The van der Waals surface area contributed by atoms with Crippen LogP contribution in [-0.4, -0.2) is 36.7 Å². The van der Waals surface area contributed by atoms with Crippen LogP contribution in [0.4, 0.5) is 0 Å². The molecule has 0 heterocycles. The molecule has 2 N–H and O–H groups in total. The van der Waals surface area contributed by atoms with Crippen molar-refractivity contribution in [2.45, 2.75) is 6.10 Å². The second kappa shape index (κ2) is 7.89. The summed E-state index contributed by atoms with van der Waals surface area (Å²) in [5.41, 5.74) is 0.632. The van der Waals surface area contributed by atoms with Crippen molar-refractivity contribution < 1.29 is 19.4 Å². The van der Waals surface area contributed by atoms with Gasteiger partial charge in [-0.2, -0.15) is 0 Å². The number of carboxylic acids is 1. The molecule has 1 aromatic rings. The van der Waals surface area contributed by atoms with Crippen LogP contribution < -0.4 is 5.32 Å². The molecule has 108 valence electrons. The lowest BCUT2D eigenvalue weighted by Crippen LogP contribution is -2.37. The number of hydrogen-bond donors (Lipinski definition) is 2. The van der Waals surface area contributed by atoms with Gasteiger partial charge in [0, 0.05) is 23.2 Å². The van der Waals surface area contributed by atoms with Crippen molar-refractivity contribution in [2.75, 3.05) is 13.7 Å². The zero-order valence-electron chi connectivity index (χ0n) is 10.6. The van der Waals surface area contributed by atoms with Crippen LogP contribution in [0.5, 0.6) is 0 Å². The minimum absolute atomic E-state index is 0.122. The molecule has 0 saturated heterocycles. The summed E-state index contributed by atoms with van der Waals surface area (Å²) in [7, 11) is 1.26. The highest BCUT2D eigenvalue weighted by Crippen LogP contribution is 2.21. The zero-order chi connectivity index (χ0) is 15.1. The monoisotopic (exact) mass is 317 g/mol. The first-order valence-corrected chi connectivity index (χ1v) is 6.36. The van der Waals surface area contributed by atoms with Crippen LogP contribution in [0, 0.1) is 0 Å². The number of ether oxygens (including phenoxy) is 1. The van der Waals surface area contributed by atoms with Crippen molar-refractivity contribution in [2.24, 2.45) is 0 Å². The van der Waals surface area contributed by atoms with E-state index in [-0.39, 0.29) is 6.54 Å². The number of nitrogens with one attached hydrogen (secondary N) is 1. The molecular formula is C13H13Cl2NO4. The van der Waals surface area contributed by atoms with Gasteiger partial charge in [-0.05, 0) is 23.8 Å². The second-order valence-corrected chi connectivity index (χ2v) is 4.65. The third-order valence-electron chi connectivity index (χ3n) is 2.40. The smallest absolute Gasteiger partial charge is 0.334 e.